The third-order valence-corrected chi connectivity index (χ3v) is 2.98. The van der Waals surface area contributed by atoms with Crippen LogP contribution < -0.4 is 0 Å². The van der Waals surface area contributed by atoms with Crippen LogP contribution in [0.4, 0.5) is 0 Å². The van der Waals surface area contributed by atoms with E-state index in [0.29, 0.717) is 6.42 Å². The number of carboxylic acids is 1. The van der Waals surface area contributed by atoms with E-state index in [2.05, 4.69) is 21.0 Å². The zero-order valence-electron chi connectivity index (χ0n) is 9.22. The van der Waals surface area contributed by atoms with Crippen LogP contribution >= 0.6 is 15.9 Å². The van der Waals surface area contributed by atoms with E-state index < -0.39 is 5.97 Å². The van der Waals surface area contributed by atoms with Gasteiger partial charge in [-0.25, -0.2) is 4.79 Å². The van der Waals surface area contributed by atoms with Gasteiger partial charge in [-0.05, 0) is 23.8 Å². The van der Waals surface area contributed by atoms with Gasteiger partial charge in [0.15, 0.2) is 0 Å². The number of benzene rings is 1. The number of aromatic nitrogens is 2. The summed E-state index contributed by atoms with van der Waals surface area (Å²) >= 11 is 3.37. The van der Waals surface area contributed by atoms with Gasteiger partial charge in [-0.1, -0.05) is 28.1 Å². The monoisotopic (exact) mass is 294 g/mol. The maximum Gasteiger partial charge on any atom is 0.354 e. The molecule has 5 heteroatoms. The number of aryl methyl sites for hydroxylation is 1. The molecule has 0 amide bonds. The Labute approximate surface area is 107 Å². The van der Waals surface area contributed by atoms with E-state index in [9.17, 15) is 4.79 Å². The summed E-state index contributed by atoms with van der Waals surface area (Å²) < 4.78 is 2.41. The average molecular weight is 295 g/mol. The number of rotatable bonds is 3. The summed E-state index contributed by atoms with van der Waals surface area (Å²) in [4.78, 5) is 10.9. The highest BCUT2D eigenvalue weighted by Crippen LogP contribution is 2.14. The number of hydrogen-bond donors (Lipinski definition) is 1. The summed E-state index contributed by atoms with van der Waals surface area (Å²) in [6.45, 7) is 0. The van der Waals surface area contributed by atoms with Gasteiger partial charge in [0.25, 0.3) is 0 Å². The van der Waals surface area contributed by atoms with Gasteiger partial charge in [0.05, 0.1) is 5.69 Å². The minimum atomic E-state index is -0.956. The van der Waals surface area contributed by atoms with E-state index in [1.165, 1.54) is 4.68 Å². The molecule has 2 rings (SSSR count). The second-order valence-corrected chi connectivity index (χ2v) is 4.67. The lowest BCUT2D eigenvalue weighted by Crippen LogP contribution is -2.04. The molecule has 0 saturated heterocycles. The van der Waals surface area contributed by atoms with Crippen LogP contribution in [0.25, 0.3) is 0 Å². The molecule has 1 aromatic heterocycles. The Morgan fingerprint density at radius 3 is 2.59 bits per heavy atom. The van der Waals surface area contributed by atoms with Gasteiger partial charge in [-0.15, -0.1) is 0 Å². The summed E-state index contributed by atoms with van der Waals surface area (Å²) in [5.41, 5.74) is 2.06. The molecule has 0 atom stereocenters. The molecule has 17 heavy (non-hydrogen) atoms. The summed E-state index contributed by atoms with van der Waals surface area (Å²) in [6.07, 6.45) is 0.633. The maximum atomic E-state index is 10.9. The van der Waals surface area contributed by atoms with Gasteiger partial charge in [-0.2, -0.15) is 5.10 Å². The average Bonchev–Trinajstić information content (AvgIpc) is 2.63. The van der Waals surface area contributed by atoms with Gasteiger partial charge in [0.2, 0.25) is 0 Å². The molecular formula is C12H11BrN2O2. The Hall–Kier alpha value is -1.62. The number of carboxylic acid groups (broad SMARTS) is 1. The maximum absolute atomic E-state index is 10.9. The van der Waals surface area contributed by atoms with E-state index >= 15 is 0 Å². The third-order valence-electron chi connectivity index (χ3n) is 2.45. The molecule has 0 bridgehead atoms. The predicted molar refractivity (Wildman–Crippen MR) is 67.1 cm³/mol. The normalized spacial score (nSPS) is 10.5. The second-order valence-electron chi connectivity index (χ2n) is 3.75. The molecule has 0 radical (unpaired) electrons. The summed E-state index contributed by atoms with van der Waals surface area (Å²) in [6, 6.07) is 9.48. The predicted octanol–water partition coefficient (Wildman–Crippen LogP) is 2.47. The first-order valence-electron chi connectivity index (χ1n) is 5.07. The summed E-state index contributed by atoms with van der Waals surface area (Å²) in [5.74, 6) is -0.956. The van der Waals surface area contributed by atoms with Crippen LogP contribution in [0.2, 0.25) is 0 Å². The van der Waals surface area contributed by atoms with Crippen LogP contribution in [-0.4, -0.2) is 20.9 Å². The van der Waals surface area contributed by atoms with Crippen LogP contribution in [0.15, 0.2) is 34.8 Å². The fraction of sp³-hybridized carbons (Fsp3) is 0.167. The van der Waals surface area contributed by atoms with Crippen molar-refractivity contribution in [1.82, 2.24) is 9.78 Å². The summed E-state index contributed by atoms with van der Waals surface area (Å²) in [5, 5.41) is 13.1. The molecule has 1 aromatic carbocycles. The van der Waals surface area contributed by atoms with Gasteiger partial charge >= 0.3 is 5.97 Å². The van der Waals surface area contributed by atoms with Crippen molar-refractivity contribution in [2.75, 3.05) is 0 Å². The van der Waals surface area contributed by atoms with Gasteiger partial charge < -0.3 is 5.11 Å². The van der Waals surface area contributed by atoms with E-state index in [4.69, 9.17) is 5.11 Å². The van der Waals surface area contributed by atoms with Crippen molar-refractivity contribution < 1.29 is 9.90 Å². The molecule has 0 aliphatic heterocycles. The van der Waals surface area contributed by atoms with Crippen LogP contribution in [0.1, 0.15) is 21.7 Å². The number of aromatic carboxylic acids is 1. The topological polar surface area (TPSA) is 55.1 Å². The Kier molecular flexibility index (Phi) is 3.28. The quantitative estimate of drug-likeness (QED) is 0.946. The molecule has 4 nitrogen and oxygen atoms in total. The molecule has 2 aromatic rings. The molecule has 0 aliphatic rings. The summed E-state index contributed by atoms with van der Waals surface area (Å²) in [7, 11) is 1.63. The van der Waals surface area contributed by atoms with Gasteiger partial charge in [-0.3, -0.25) is 4.68 Å². The van der Waals surface area contributed by atoms with Crippen molar-refractivity contribution in [3.05, 3.63) is 51.8 Å². The first kappa shape index (κ1) is 11.9. The number of halogens is 1. The lowest BCUT2D eigenvalue weighted by molar-refractivity contribution is 0.0685. The van der Waals surface area contributed by atoms with E-state index in [1.807, 2.05) is 24.3 Å². The first-order valence-corrected chi connectivity index (χ1v) is 5.86. The van der Waals surface area contributed by atoms with Crippen molar-refractivity contribution in [3.8, 4) is 0 Å². The number of nitrogens with zero attached hydrogens (tertiary/aromatic N) is 2. The fourth-order valence-corrected chi connectivity index (χ4v) is 1.89. The minimum absolute atomic E-state index is 0.206. The standard InChI is InChI=1S/C12H11BrN2O2/c1-15-11(12(16)17)7-10(14-15)6-8-2-4-9(13)5-3-8/h2-5,7H,6H2,1H3,(H,16,17). The van der Waals surface area contributed by atoms with Crippen LogP contribution in [0.3, 0.4) is 0 Å². The first-order chi connectivity index (χ1) is 8.06. The van der Waals surface area contributed by atoms with Crippen LogP contribution in [0, 0.1) is 0 Å². The van der Waals surface area contributed by atoms with E-state index in [1.54, 1.807) is 13.1 Å². The Morgan fingerprint density at radius 2 is 2.06 bits per heavy atom. The van der Waals surface area contributed by atoms with Crippen molar-refractivity contribution in [1.29, 1.82) is 0 Å². The minimum Gasteiger partial charge on any atom is -0.477 e. The SMILES string of the molecule is Cn1nc(Cc2ccc(Br)cc2)cc1C(=O)O. The molecule has 0 fully saturated rings. The molecular weight excluding hydrogens is 284 g/mol. The zero-order valence-corrected chi connectivity index (χ0v) is 10.8. The Morgan fingerprint density at radius 1 is 1.41 bits per heavy atom. The van der Waals surface area contributed by atoms with E-state index in [0.717, 1.165) is 15.7 Å². The third kappa shape index (κ3) is 2.74. The lowest BCUT2D eigenvalue weighted by Gasteiger charge is -1.97. The molecule has 1 N–H and O–H groups in total. The molecule has 88 valence electrons. The Bertz CT molecular complexity index is 546. The van der Waals surface area contributed by atoms with Crippen molar-refractivity contribution in [2.45, 2.75) is 6.42 Å². The van der Waals surface area contributed by atoms with Gasteiger partial charge in [0, 0.05) is 17.9 Å². The lowest BCUT2D eigenvalue weighted by atomic mass is 10.1. The zero-order chi connectivity index (χ0) is 12.4. The molecule has 0 saturated carbocycles. The second kappa shape index (κ2) is 4.71. The highest BCUT2D eigenvalue weighted by Gasteiger charge is 2.11. The Balaban J connectivity index is 2.22. The number of hydrogen-bond acceptors (Lipinski definition) is 2. The van der Waals surface area contributed by atoms with Crippen molar-refractivity contribution in [2.24, 2.45) is 7.05 Å². The van der Waals surface area contributed by atoms with Crippen molar-refractivity contribution >= 4 is 21.9 Å². The highest BCUT2D eigenvalue weighted by atomic mass is 79.9. The molecule has 1 heterocycles. The van der Waals surface area contributed by atoms with Crippen molar-refractivity contribution in [3.63, 3.8) is 0 Å². The van der Waals surface area contributed by atoms with E-state index in [-0.39, 0.29) is 5.69 Å². The highest BCUT2D eigenvalue weighted by molar-refractivity contribution is 9.10. The largest absolute Gasteiger partial charge is 0.477 e. The molecule has 0 aliphatic carbocycles. The molecule has 0 unspecified atom stereocenters. The fourth-order valence-electron chi connectivity index (χ4n) is 1.62. The van der Waals surface area contributed by atoms with Gasteiger partial charge in [0.1, 0.15) is 5.69 Å². The molecule has 0 spiro atoms. The smallest absolute Gasteiger partial charge is 0.354 e. The van der Waals surface area contributed by atoms with Crippen LogP contribution in [-0.2, 0) is 13.5 Å². The number of carbonyl (C=O) groups is 1. The van der Waals surface area contributed by atoms with Crippen LogP contribution in [0.5, 0.6) is 0 Å².